The number of nitrogens with zero attached hydrogens (tertiary/aromatic N) is 3. The molecule has 1 unspecified atom stereocenters. The van der Waals surface area contributed by atoms with Crippen LogP contribution in [0.5, 0.6) is 0 Å². The zero-order valence-corrected chi connectivity index (χ0v) is 23.1. The molecule has 206 valence electrons. The topological polar surface area (TPSA) is 130 Å². The maximum absolute atomic E-state index is 13.9. The van der Waals surface area contributed by atoms with E-state index in [9.17, 15) is 28.1 Å². The number of nitrogens with one attached hydrogen (secondary N) is 1. The van der Waals surface area contributed by atoms with Crippen molar-refractivity contribution in [2.24, 2.45) is 0 Å². The number of nitro groups is 1. The highest BCUT2D eigenvalue weighted by atomic mass is 32.2. The molecule has 39 heavy (non-hydrogen) atoms. The molecule has 3 aromatic rings. The van der Waals surface area contributed by atoms with Crippen LogP contribution in [0.1, 0.15) is 31.9 Å². The largest absolute Gasteiger partial charge is 0.352 e. The minimum Gasteiger partial charge on any atom is -0.352 e. The second-order valence-corrected chi connectivity index (χ2v) is 11.2. The van der Waals surface area contributed by atoms with Crippen LogP contribution in [0.3, 0.4) is 0 Å². The molecule has 2 amide bonds. The number of rotatable bonds is 11. The molecule has 3 aromatic carbocycles. The summed E-state index contributed by atoms with van der Waals surface area (Å²) >= 11 is 0. The summed E-state index contributed by atoms with van der Waals surface area (Å²) in [4.78, 5) is 38.7. The SMILES string of the molecule is Cc1ccccc1CN(C(=O)CN(c1ccc([N+](=O)[O-])cc1)S(=O)(=O)c1ccccc1)C(C)C(=O)NC(C)C. The second kappa shape index (κ2) is 12.5. The maximum atomic E-state index is 13.9. The molecule has 0 spiro atoms. The van der Waals surface area contributed by atoms with Gasteiger partial charge in [0, 0.05) is 24.7 Å². The molecule has 0 fully saturated rings. The predicted molar refractivity (Wildman–Crippen MR) is 149 cm³/mol. The minimum absolute atomic E-state index is 0.0489. The van der Waals surface area contributed by atoms with E-state index in [1.807, 2.05) is 31.2 Å². The number of benzene rings is 3. The van der Waals surface area contributed by atoms with Crippen LogP contribution in [0.4, 0.5) is 11.4 Å². The first kappa shape index (κ1) is 29.3. The lowest BCUT2D eigenvalue weighted by Gasteiger charge is -2.32. The number of aryl methyl sites for hydroxylation is 1. The van der Waals surface area contributed by atoms with Crippen molar-refractivity contribution in [3.05, 3.63) is 100 Å². The van der Waals surface area contributed by atoms with Gasteiger partial charge in [0.1, 0.15) is 12.6 Å². The van der Waals surface area contributed by atoms with Crippen LogP contribution in [0.15, 0.2) is 83.8 Å². The Morgan fingerprint density at radius 2 is 1.51 bits per heavy atom. The lowest BCUT2D eigenvalue weighted by molar-refractivity contribution is -0.384. The Morgan fingerprint density at radius 1 is 0.923 bits per heavy atom. The Labute approximate surface area is 228 Å². The van der Waals surface area contributed by atoms with Gasteiger partial charge in [-0.15, -0.1) is 0 Å². The first-order valence-corrected chi connectivity index (χ1v) is 13.8. The third-order valence-electron chi connectivity index (χ3n) is 6.16. The summed E-state index contributed by atoms with van der Waals surface area (Å²) < 4.78 is 28.3. The summed E-state index contributed by atoms with van der Waals surface area (Å²) in [6, 6.07) is 18.9. The number of nitro benzene ring substituents is 1. The van der Waals surface area contributed by atoms with Crippen LogP contribution < -0.4 is 9.62 Å². The third kappa shape index (κ3) is 7.20. The van der Waals surface area contributed by atoms with Crippen molar-refractivity contribution in [3.8, 4) is 0 Å². The van der Waals surface area contributed by atoms with Gasteiger partial charge in [0.25, 0.3) is 15.7 Å². The molecule has 1 atom stereocenters. The minimum atomic E-state index is -4.25. The molecule has 11 heteroatoms. The number of hydrogen-bond donors (Lipinski definition) is 1. The maximum Gasteiger partial charge on any atom is 0.269 e. The molecule has 3 rings (SSSR count). The van der Waals surface area contributed by atoms with E-state index < -0.39 is 33.4 Å². The number of hydrogen-bond acceptors (Lipinski definition) is 6. The van der Waals surface area contributed by atoms with Crippen molar-refractivity contribution in [1.82, 2.24) is 10.2 Å². The monoisotopic (exact) mass is 552 g/mol. The highest BCUT2D eigenvalue weighted by molar-refractivity contribution is 7.92. The Balaban J connectivity index is 2.05. The summed E-state index contributed by atoms with van der Waals surface area (Å²) in [5.74, 6) is -0.984. The van der Waals surface area contributed by atoms with Crippen LogP contribution in [-0.2, 0) is 26.2 Å². The Bertz CT molecular complexity index is 1430. The van der Waals surface area contributed by atoms with Gasteiger partial charge < -0.3 is 10.2 Å². The van der Waals surface area contributed by atoms with Gasteiger partial charge >= 0.3 is 0 Å². The van der Waals surface area contributed by atoms with Crippen molar-refractivity contribution in [2.45, 2.75) is 51.2 Å². The molecule has 0 saturated heterocycles. The summed E-state index contributed by atoms with van der Waals surface area (Å²) in [6.45, 7) is 6.55. The van der Waals surface area contributed by atoms with Crippen LogP contribution in [0.25, 0.3) is 0 Å². The summed E-state index contributed by atoms with van der Waals surface area (Å²) in [5.41, 5.74) is 1.58. The zero-order chi connectivity index (χ0) is 28.7. The van der Waals surface area contributed by atoms with E-state index in [4.69, 9.17) is 0 Å². The number of sulfonamides is 1. The molecule has 0 aromatic heterocycles. The number of carbonyl (C=O) groups is 2. The standard InChI is InChI=1S/C28H32N4O6S/c1-20(2)29-28(34)22(4)30(18-23-11-9-8-10-21(23)3)27(33)19-31(24-14-16-25(17-15-24)32(35)36)39(37,38)26-12-6-5-7-13-26/h5-17,20,22H,18-19H2,1-4H3,(H,29,34). The molecular formula is C28H32N4O6S. The Kier molecular flexibility index (Phi) is 9.42. The van der Waals surface area contributed by atoms with E-state index in [0.717, 1.165) is 15.4 Å². The van der Waals surface area contributed by atoms with Crippen molar-refractivity contribution < 1.29 is 22.9 Å². The fraction of sp³-hybridized carbons (Fsp3) is 0.286. The second-order valence-electron chi connectivity index (χ2n) is 9.39. The van der Waals surface area contributed by atoms with Crippen molar-refractivity contribution in [2.75, 3.05) is 10.8 Å². The molecule has 0 radical (unpaired) electrons. The van der Waals surface area contributed by atoms with E-state index in [2.05, 4.69) is 5.32 Å². The molecule has 0 bridgehead atoms. The number of carbonyl (C=O) groups excluding carboxylic acids is 2. The van der Waals surface area contributed by atoms with Gasteiger partial charge in [0.05, 0.1) is 15.5 Å². The smallest absolute Gasteiger partial charge is 0.269 e. The third-order valence-corrected chi connectivity index (χ3v) is 7.95. The van der Waals surface area contributed by atoms with Gasteiger partial charge in [-0.25, -0.2) is 8.42 Å². The van der Waals surface area contributed by atoms with Gasteiger partial charge in [0.2, 0.25) is 11.8 Å². The normalized spacial score (nSPS) is 12.0. The van der Waals surface area contributed by atoms with Gasteiger partial charge in [-0.2, -0.15) is 0 Å². The van der Waals surface area contributed by atoms with Gasteiger partial charge in [-0.05, 0) is 63.1 Å². The summed E-state index contributed by atoms with van der Waals surface area (Å²) in [5, 5.41) is 14.0. The highest BCUT2D eigenvalue weighted by Gasteiger charge is 2.33. The van der Waals surface area contributed by atoms with E-state index in [1.54, 1.807) is 39.0 Å². The van der Waals surface area contributed by atoms with E-state index in [1.165, 1.54) is 41.3 Å². The van der Waals surface area contributed by atoms with E-state index in [-0.39, 0.29) is 34.8 Å². The molecular weight excluding hydrogens is 520 g/mol. The first-order valence-electron chi connectivity index (χ1n) is 12.4. The van der Waals surface area contributed by atoms with Crippen LogP contribution in [-0.4, -0.2) is 48.7 Å². The van der Waals surface area contributed by atoms with Crippen LogP contribution in [0.2, 0.25) is 0 Å². The lowest BCUT2D eigenvalue weighted by Crippen LogP contribution is -2.52. The molecule has 0 aliphatic rings. The van der Waals surface area contributed by atoms with Gasteiger partial charge in [-0.1, -0.05) is 42.5 Å². The summed E-state index contributed by atoms with van der Waals surface area (Å²) in [7, 11) is -4.25. The summed E-state index contributed by atoms with van der Waals surface area (Å²) in [6.07, 6.45) is 0. The average molecular weight is 553 g/mol. The first-order chi connectivity index (χ1) is 18.4. The zero-order valence-electron chi connectivity index (χ0n) is 22.3. The van der Waals surface area contributed by atoms with Crippen LogP contribution >= 0.6 is 0 Å². The molecule has 1 N–H and O–H groups in total. The fourth-order valence-electron chi connectivity index (χ4n) is 3.95. The average Bonchev–Trinajstić information content (AvgIpc) is 2.90. The number of non-ortho nitro benzene ring substituents is 1. The van der Waals surface area contributed by atoms with Crippen molar-refractivity contribution in [1.29, 1.82) is 0 Å². The molecule has 10 nitrogen and oxygen atoms in total. The number of amides is 2. The number of anilines is 1. The van der Waals surface area contributed by atoms with Crippen molar-refractivity contribution in [3.63, 3.8) is 0 Å². The molecule has 0 aliphatic heterocycles. The van der Waals surface area contributed by atoms with Gasteiger partial charge in [-0.3, -0.25) is 24.0 Å². The van der Waals surface area contributed by atoms with E-state index in [0.29, 0.717) is 0 Å². The highest BCUT2D eigenvalue weighted by Crippen LogP contribution is 2.26. The Morgan fingerprint density at radius 3 is 2.08 bits per heavy atom. The lowest BCUT2D eigenvalue weighted by atomic mass is 10.1. The predicted octanol–water partition coefficient (Wildman–Crippen LogP) is 4.04. The fourth-order valence-corrected chi connectivity index (χ4v) is 5.38. The quantitative estimate of drug-likeness (QED) is 0.282. The van der Waals surface area contributed by atoms with Crippen molar-refractivity contribution >= 4 is 33.2 Å². The molecule has 0 aliphatic carbocycles. The molecule has 0 heterocycles. The Hall–Kier alpha value is -4.25. The molecule has 0 saturated carbocycles. The van der Waals surface area contributed by atoms with Gasteiger partial charge in [0.15, 0.2) is 0 Å². The van der Waals surface area contributed by atoms with Crippen LogP contribution in [0, 0.1) is 17.0 Å². The van der Waals surface area contributed by atoms with E-state index >= 15 is 0 Å².